The number of aliphatic hydroxyl groups is 1. The molecule has 0 amide bonds. The van der Waals surface area contributed by atoms with Crippen molar-refractivity contribution < 1.29 is 5.11 Å². The molecule has 22 heavy (non-hydrogen) atoms. The van der Waals surface area contributed by atoms with E-state index < -0.39 is 0 Å². The number of hydrogen-bond donors (Lipinski definition) is 1. The molecule has 4 rings (SSSR count). The highest BCUT2D eigenvalue weighted by atomic mass is 16.3. The lowest BCUT2D eigenvalue weighted by Gasteiger charge is -2.57. The minimum atomic E-state index is -0.172. The van der Waals surface area contributed by atoms with Gasteiger partial charge in [-0.15, -0.1) is 0 Å². The summed E-state index contributed by atoms with van der Waals surface area (Å²) < 4.78 is 0. The van der Waals surface area contributed by atoms with Crippen molar-refractivity contribution in [1.82, 2.24) is 0 Å². The molecule has 0 aromatic carbocycles. The zero-order chi connectivity index (χ0) is 15.5. The van der Waals surface area contributed by atoms with Crippen molar-refractivity contribution in [2.24, 2.45) is 35.0 Å². The van der Waals surface area contributed by atoms with Crippen molar-refractivity contribution in [2.75, 3.05) is 0 Å². The fourth-order valence-electron chi connectivity index (χ4n) is 6.96. The molecule has 0 aromatic rings. The molecule has 0 bridgehead atoms. The molecule has 0 saturated heterocycles. The van der Waals surface area contributed by atoms with Crippen LogP contribution in [-0.2, 0) is 0 Å². The van der Waals surface area contributed by atoms with Crippen LogP contribution in [0.3, 0.4) is 0 Å². The number of hydrogen-bond acceptors (Lipinski definition) is 1. The Balaban J connectivity index is 1.68. The van der Waals surface area contributed by atoms with Gasteiger partial charge in [-0.2, -0.15) is 0 Å². The van der Waals surface area contributed by atoms with E-state index in [4.69, 9.17) is 0 Å². The summed E-state index contributed by atoms with van der Waals surface area (Å²) in [5, 5.41) is 10.0. The second-order valence-electron chi connectivity index (χ2n) is 8.83. The summed E-state index contributed by atoms with van der Waals surface area (Å²) in [6.07, 6.45) is 13.5. The van der Waals surface area contributed by atoms with Crippen molar-refractivity contribution in [3.63, 3.8) is 0 Å². The molecule has 3 saturated carbocycles. The van der Waals surface area contributed by atoms with Gasteiger partial charge in [0.2, 0.25) is 0 Å². The number of allylic oxidation sites excluding steroid dienone is 3. The maximum atomic E-state index is 10.0. The highest BCUT2D eigenvalue weighted by Crippen LogP contribution is 2.63. The first-order valence-corrected chi connectivity index (χ1v) is 9.59. The molecule has 0 heterocycles. The third kappa shape index (κ3) is 2.00. The van der Waals surface area contributed by atoms with Crippen molar-refractivity contribution in [3.05, 3.63) is 23.3 Å². The smallest absolute Gasteiger partial charge is 0.0724 e. The van der Waals surface area contributed by atoms with Gasteiger partial charge in [0.25, 0.3) is 0 Å². The topological polar surface area (TPSA) is 20.2 Å². The van der Waals surface area contributed by atoms with Gasteiger partial charge in [-0.1, -0.05) is 37.1 Å². The first kappa shape index (κ1) is 15.0. The molecule has 0 aliphatic heterocycles. The van der Waals surface area contributed by atoms with Crippen LogP contribution < -0.4 is 0 Å². The Hall–Kier alpha value is -0.560. The van der Waals surface area contributed by atoms with Gasteiger partial charge >= 0.3 is 0 Å². The van der Waals surface area contributed by atoms with E-state index in [0.717, 1.165) is 36.0 Å². The van der Waals surface area contributed by atoms with Crippen LogP contribution >= 0.6 is 0 Å². The SMILES string of the molecule is CC=C1CCC2C3CCC4=C[C@@H](O)CC[C@]4(C)C3C[C@@H](C)C12. The summed E-state index contributed by atoms with van der Waals surface area (Å²) >= 11 is 0. The molecular formula is C21H32O. The molecule has 122 valence electrons. The van der Waals surface area contributed by atoms with Gasteiger partial charge in [-0.3, -0.25) is 0 Å². The van der Waals surface area contributed by atoms with Gasteiger partial charge in [0.15, 0.2) is 0 Å². The minimum Gasteiger partial charge on any atom is -0.389 e. The predicted molar refractivity (Wildman–Crippen MR) is 91.4 cm³/mol. The second-order valence-corrected chi connectivity index (χ2v) is 8.83. The van der Waals surface area contributed by atoms with Gasteiger partial charge in [0.1, 0.15) is 0 Å². The Labute approximate surface area is 135 Å². The van der Waals surface area contributed by atoms with Crippen molar-refractivity contribution in [2.45, 2.75) is 71.8 Å². The second kappa shape index (κ2) is 5.23. The van der Waals surface area contributed by atoms with Crippen LogP contribution in [0.2, 0.25) is 0 Å². The first-order valence-electron chi connectivity index (χ1n) is 9.59. The highest BCUT2D eigenvalue weighted by molar-refractivity contribution is 5.27. The van der Waals surface area contributed by atoms with E-state index in [1.54, 1.807) is 11.1 Å². The summed E-state index contributed by atoms with van der Waals surface area (Å²) in [5.41, 5.74) is 3.75. The summed E-state index contributed by atoms with van der Waals surface area (Å²) in [6, 6.07) is 0. The minimum absolute atomic E-state index is 0.172. The lowest BCUT2D eigenvalue weighted by Crippen LogP contribution is -2.49. The first-order chi connectivity index (χ1) is 10.5. The molecule has 4 unspecified atom stereocenters. The lowest BCUT2D eigenvalue weighted by molar-refractivity contribution is -0.0253. The van der Waals surface area contributed by atoms with Crippen molar-refractivity contribution >= 4 is 0 Å². The Kier molecular flexibility index (Phi) is 3.56. The van der Waals surface area contributed by atoms with Gasteiger partial charge in [-0.25, -0.2) is 0 Å². The van der Waals surface area contributed by atoms with E-state index in [-0.39, 0.29) is 6.10 Å². The summed E-state index contributed by atoms with van der Waals surface area (Å²) in [4.78, 5) is 0. The highest BCUT2D eigenvalue weighted by Gasteiger charge is 2.55. The van der Waals surface area contributed by atoms with E-state index in [1.165, 1.54) is 38.5 Å². The standard InChI is InChI=1S/C21H32O/c1-4-14-5-7-18-17-8-6-15-12-16(22)9-10-21(15,3)19(17)11-13(2)20(14)18/h4,12-13,16-20,22H,5-11H2,1-3H3/t13-,16+,17?,18?,19?,20?,21+/m1/s1. The van der Waals surface area contributed by atoms with Gasteiger partial charge in [0, 0.05) is 0 Å². The summed E-state index contributed by atoms with van der Waals surface area (Å²) in [6.45, 7) is 7.30. The van der Waals surface area contributed by atoms with Crippen LogP contribution in [0.5, 0.6) is 0 Å². The maximum absolute atomic E-state index is 10.0. The molecule has 1 nitrogen and oxygen atoms in total. The molecule has 7 atom stereocenters. The zero-order valence-corrected chi connectivity index (χ0v) is 14.5. The van der Waals surface area contributed by atoms with E-state index >= 15 is 0 Å². The summed E-state index contributed by atoms with van der Waals surface area (Å²) in [7, 11) is 0. The monoisotopic (exact) mass is 300 g/mol. The van der Waals surface area contributed by atoms with Crippen LogP contribution in [0, 0.1) is 35.0 Å². The average Bonchev–Trinajstić information content (AvgIpc) is 2.94. The zero-order valence-electron chi connectivity index (χ0n) is 14.5. The average molecular weight is 300 g/mol. The molecule has 0 radical (unpaired) electrons. The fourth-order valence-corrected chi connectivity index (χ4v) is 6.96. The number of aliphatic hydroxyl groups excluding tert-OH is 1. The van der Waals surface area contributed by atoms with Crippen LogP contribution in [0.4, 0.5) is 0 Å². The molecule has 3 fully saturated rings. The Morgan fingerprint density at radius 1 is 1.18 bits per heavy atom. The van der Waals surface area contributed by atoms with E-state index in [1.807, 2.05) is 0 Å². The Bertz CT molecular complexity index is 516. The van der Waals surface area contributed by atoms with Crippen molar-refractivity contribution in [3.8, 4) is 0 Å². The van der Waals surface area contributed by atoms with Gasteiger partial charge in [-0.05, 0) is 86.9 Å². The van der Waals surface area contributed by atoms with E-state index in [0.29, 0.717) is 5.41 Å². The molecule has 1 N–H and O–H groups in total. The fraction of sp³-hybridized carbons (Fsp3) is 0.810. The van der Waals surface area contributed by atoms with Crippen LogP contribution in [0.25, 0.3) is 0 Å². The van der Waals surface area contributed by atoms with Crippen molar-refractivity contribution in [1.29, 1.82) is 0 Å². The number of rotatable bonds is 0. The third-order valence-corrected chi connectivity index (χ3v) is 7.98. The van der Waals surface area contributed by atoms with E-state index in [9.17, 15) is 5.11 Å². The Morgan fingerprint density at radius 3 is 2.73 bits per heavy atom. The van der Waals surface area contributed by atoms with E-state index in [2.05, 4.69) is 32.9 Å². The predicted octanol–water partition coefficient (Wildman–Crippen LogP) is 5.11. The number of fused-ring (bicyclic) bond motifs is 5. The molecule has 4 aliphatic carbocycles. The largest absolute Gasteiger partial charge is 0.389 e. The van der Waals surface area contributed by atoms with Crippen LogP contribution in [0.15, 0.2) is 23.3 Å². The molecular weight excluding hydrogens is 268 g/mol. The summed E-state index contributed by atoms with van der Waals surface area (Å²) in [5.74, 6) is 4.49. The van der Waals surface area contributed by atoms with Crippen LogP contribution in [-0.4, -0.2) is 11.2 Å². The molecule has 0 aromatic heterocycles. The molecule has 0 spiro atoms. The molecule has 1 heteroatoms. The third-order valence-electron chi connectivity index (χ3n) is 7.98. The Morgan fingerprint density at radius 2 is 1.95 bits per heavy atom. The van der Waals surface area contributed by atoms with Gasteiger partial charge in [0.05, 0.1) is 6.10 Å². The normalized spacial score (nSPS) is 52.7. The van der Waals surface area contributed by atoms with Gasteiger partial charge < -0.3 is 5.11 Å². The lowest BCUT2D eigenvalue weighted by atomic mass is 9.48. The molecule has 4 aliphatic rings. The maximum Gasteiger partial charge on any atom is 0.0724 e. The quantitative estimate of drug-likeness (QED) is 0.616. The van der Waals surface area contributed by atoms with Crippen LogP contribution in [0.1, 0.15) is 65.7 Å².